The number of Topliss-reactive ketones (excluding diaryl/α,β-unsaturated/α-hetero) is 3. The number of carbonyl (C=O) groups is 7. The largest absolute Gasteiger partial charge is 0.490 e. The number of imide groups is 2. The minimum Gasteiger partial charge on any atom is -0.490 e. The number of rotatable bonds is 15. The van der Waals surface area contributed by atoms with Crippen molar-refractivity contribution in [2.45, 2.75) is 63.8 Å². The van der Waals surface area contributed by atoms with Crippen molar-refractivity contribution in [3.05, 3.63) is 58.1 Å². The van der Waals surface area contributed by atoms with E-state index in [2.05, 4.69) is 20.0 Å². The topological polar surface area (TPSA) is 163 Å². The Balaban J connectivity index is 0.751. The minimum absolute atomic E-state index is 0.0931. The molecule has 4 amide bonds. The molecule has 0 radical (unpaired) electrons. The number of likely N-dealkylation sites (tertiary alicyclic amines) is 1. The van der Waals surface area contributed by atoms with Gasteiger partial charge in [-0.25, -0.2) is 0 Å². The average Bonchev–Trinajstić information content (AvgIpc) is 3.45. The van der Waals surface area contributed by atoms with E-state index in [-0.39, 0.29) is 54.4 Å². The first-order chi connectivity index (χ1) is 27.6. The second-order valence-electron chi connectivity index (χ2n) is 15.6. The van der Waals surface area contributed by atoms with Gasteiger partial charge in [-0.15, -0.1) is 0 Å². The van der Waals surface area contributed by atoms with Crippen LogP contribution < -0.4 is 15.0 Å². The predicted octanol–water partition coefficient (Wildman–Crippen LogP) is 3.57. The van der Waals surface area contributed by atoms with Crippen LogP contribution in [0.3, 0.4) is 0 Å². The molecule has 2 aromatic rings. The highest BCUT2D eigenvalue weighted by Crippen LogP contribution is 2.33. The molecule has 15 heteroatoms. The van der Waals surface area contributed by atoms with E-state index < -0.39 is 41.4 Å². The van der Waals surface area contributed by atoms with E-state index in [0.29, 0.717) is 42.4 Å². The van der Waals surface area contributed by atoms with E-state index in [0.717, 1.165) is 69.4 Å². The van der Waals surface area contributed by atoms with Crippen LogP contribution in [0.5, 0.6) is 5.75 Å². The second kappa shape index (κ2) is 18.4. The number of hydrogen-bond acceptors (Lipinski definition) is 12. The Morgan fingerprint density at radius 3 is 2.23 bits per heavy atom. The molecule has 5 aliphatic rings. The summed E-state index contributed by atoms with van der Waals surface area (Å²) in [6, 6.07) is 9.16. The fraction of sp³-hybridized carbons (Fsp3) is 0.548. The summed E-state index contributed by atoms with van der Waals surface area (Å²) in [6.07, 6.45) is 5.86. The average molecular weight is 804 g/mol. The lowest BCUT2D eigenvalue weighted by Crippen LogP contribution is -2.54. The van der Waals surface area contributed by atoms with Gasteiger partial charge in [0.05, 0.1) is 29.4 Å². The number of anilines is 1. The first-order valence-electron chi connectivity index (χ1n) is 20.2. The van der Waals surface area contributed by atoms with Crippen LogP contribution in [0.4, 0.5) is 5.69 Å². The van der Waals surface area contributed by atoms with Gasteiger partial charge in [-0.2, -0.15) is 0 Å². The van der Waals surface area contributed by atoms with Crippen LogP contribution in [0.2, 0.25) is 5.02 Å². The summed E-state index contributed by atoms with van der Waals surface area (Å²) < 4.78 is 11.6. The molecule has 14 nitrogen and oxygen atoms in total. The van der Waals surface area contributed by atoms with Crippen molar-refractivity contribution < 1.29 is 43.0 Å². The molecule has 304 valence electrons. The lowest BCUT2D eigenvalue weighted by Gasteiger charge is -2.37. The number of hydrogen-bond donors (Lipinski definition) is 1. The van der Waals surface area contributed by atoms with Gasteiger partial charge in [0.25, 0.3) is 11.8 Å². The fourth-order valence-electron chi connectivity index (χ4n) is 8.66. The summed E-state index contributed by atoms with van der Waals surface area (Å²) in [5.41, 5.74) is 1.62. The second-order valence-corrected chi connectivity index (χ2v) is 16.0. The highest BCUT2D eigenvalue weighted by Gasteiger charge is 2.45. The number of nitrogens with one attached hydrogen (secondary N) is 1. The molecule has 3 saturated heterocycles. The smallest absolute Gasteiger partial charge is 0.262 e. The molecular formula is C42H50ClN5O9. The van der Waals surface area contributed by atoms with Gasteiger partial charge in [-0.05, 0) is 94.4 Å². The summed E-state index contributed by atoms with van der Waals surface area (Å²) in [6.45, 7) is 8.65. The Kier molecular flexibility index (Phi) is 13.1. The van der Waals surface area contributed by atoms with Crippen molar-refractivity contribution >= 4 is 58.3 Å². The maximum atomic E-state index is 13.3. The number of piperidine rings is 2. The quantitative estimate of drug-likeness (QED) is 0.121. The van der Waals surface area contributed by atoms with Crippen molar-refractivity contribution in [3.8, 4) is 5.75 Å². The Bertz CT molecular complexity index is 1890. The maximum absolute atomic E-state index is 13.3. The van der Waals surface area contributed by atoms with E-state index in [1.54, 1.807) is 24.3 Å². The molecule has 4 heterocycles. The van der Waals surface area contributed by atoms with Crippen LogP contribution in [-0.4, -0.2) is 134 Å². The van der Waals surface area contributed by atoms with E-state index in [1.165, 1.54) is 25.3 Å². The molecule has 0 aromatic heterocycles. The lowest BCUT2D eigenvalue weighted by atomic mass is 9.81. The zero-order valence-electron chi connectivity index (χ0n) is 32.2. The zero-order chi connectivity index (χ0) is 40.1. The SMILES string of the molecule is O=C1CCC(N2C(=O)c3ccc(N4CCN(CCCC5CCN(CCOCCOc6cccc(C(=O)C7C(=O)CCCC7=O)c6Cl)CC5)CC4)cc3C2=O)C(=O)N1. The molecule has 1 unspecified atom stereocenters. The third-order valence-corrected chi connectivity index (χ3v) is 12.4. The van der Waals surface area contributed by atoms with Crippen LogP contribution in [0, 0.1) is 11.8 Å². The number of nitrogens with zero attached hydrogens (tertiary/aromatic N) is 4. The first-order valence-corrected chi connectivity index (χ1v) is 20.6. The van der Waals surface area contributed by atoms with Crippen molar-refractivity contribution in [2.24, 2.45) is 11.8 Å². The van der Waals surface area contributed by atoms with Crippen LogP contribution >= 0.6 is 11.6 Å². The van der Waals surface area contributed by atoms with Gasteiger partial charge in [0, 0.05) is 63.2 Å². The molecule has 1 saturated carbocycles. The lowest BCUT2D eigenvalue weighted by molar-refractivity contribution is -0.137. The standard InChI is InChI=1S/C42H50ClN5O9/c43-38-30(39(52)37-33(49)6-2-7-34(37)50)5-1-8-35(38)57-25-24-56-23-22-46-16-13-27(14-17-46)4-3-15-45-18-20-47(21-19-45)28-9-10-29-31(26-28)42(55)48(41(29)54)32-11-12-36(51)44-40(32)53/h1,5,8-10,26-27,32,37H,2-4,6-7,11-25H2,(H,44,51,53). The number of ether oxygens (including phenoxy) is 2. The van der Waals surface area contributed by atoms with Gasteiger partial charge >= 0.3 is 0 Å². The van der Waals surface area contributed by atoms with Gasteiger partial charge in [0.1, 0.15) is 24.3 Å². The first kappa shape index (κ1) is 40.7. The highest BCUT2D eigenvalue weighted by atomic mass is 35.5. The molecule has 1 aliphatic carbocycles. The van der Waals surface area contributed by atoms with Crippen LogP contribution in [-0.2, 0) is 23.9 Å². The Morgan fingerprint density at radius 1 is 0.772 bits per heavy atom. The molecule has 1 N–H and O–H groups in total. The van der Waals surface area contributed by atoms with Crippen LogP contribution in [0.25, 0.3) is 0 Å². The molecule has 4 fully saturated rings. The van der Waals surface area contributed by atoms with Crippen LogP contribution in [0.15, 0.2) is 36.4 Å². The number of halogens is 1. The van der Waals surface area contributed by atoms with Gasteiger partial charge in [-0.1, -0.05) is 17.7 Å². The van der Waals surface area contributed by atoms with Crippen molar-refractivity contribution in [2.75, 3.05) is 77.1 Å². The number of carbonyl (C=O) groups excluding carboxylic acids is 7. The van der Waals surface area contributed by atoms with Crippen molar-refractivity contribution in [1.29, 1.82) is 0 Å². The molecule has 0 spiro atoms. The summed E-state index contributed by atoms with van der Waals surface area (Å²) >= 11 is 6.47. The van der Waals surface area contributed by atoms with Gasteiger partial charge in [-0.3, -0.25) is 48.7 Å². The molecule has 57 heavy (non-hydrogen) atoms. The number of amides is 4. The number of benzene rings is 2. The molecule has 2 aromatic carbocycles. The number of fused-ring (bicyclic) bond motifs is 1. The Labute approximate surface area is 337 Å². The van der Waals surface area contributed by atoms with Gasteiger partial charge < -0.3 is 19.3 Å². The summed E-state index contributed by atoms with van der Waals surface area (Å²) in [4.78, 5) is 96.0. The van der Waals surface area contributed by atoms with Gasteiger partial charge in [0.15, 0.2) is 17.3 Å². The Hall–Kier alpha value is -4.50. The van der Waals surface area contributed by atoms with Gasteiger partial charge in [0.2, 0.25) is 11.8 Å². The third kappa shape index (κ3) is 9.30. The molecule has 4 aliphatic heterocycles. The van der Waals surface area contributed by atoms with E-state index in [9.17, 15) is 33.6 Å². The van der Waals surface area contributed by atoms with E-state index >= 15 is 0 Å². The molecule has 7 rings (SSSR count). The number of piperazine rings is 1. The Morgan fingerprint density at radius 2 is 1.49 bits per heavy atom. The maximum Gasteiger partial charge on any atom is 0.262 e. The van der Waals surface area contributed by atoms with E-state index in [4.69, 9.17) is 21.1 Å². The molecular weight excluding hydrogens is 754 g/mol. The van der Waals surface area contributed by atoms with E-state index in [1.807, 2.05) is 6.07 Å². The van der Waals surface area contributed by atoms with Crippen LogP contribution in [0.1, 0.15) is 88.9 Å². The monoisotopic (exact) mass is 803 g/mol. The predicted molar refractivity (Wildman–Crippen MR) is 210 cm³/mol. The molecule has 0 bridgehead atoms. The van der Waals surface area contributed by atoms with Crippen molar-refractivity contribution in [1.82, 2.24) is 20.0 Å². The zero-order valence-corrected chi connectivity index (χ0v) is 32.9. The summed E-state index contributed by atoms with van der Waals surface area (Å²) in [5, 5.41) is 2.34. The normalized spacial score (nSPS) is 21.7. The van der Waals surface area contributed by atoms with Crippen molar-refractivity contribution in [3.63, 3.8) is 0 Å². The number of ketones is 3. The minimum atomic E-state index is -1.27. The summed E-state index contributed by atoms with van der Waals surface area (Å²) in [5.74, 6) is -3.46. The third-order valence-electron chi connectivity index (χ3n) is 12.0. The highest BCUT2D eigenvalue weighted by molar-refractivity contribution is 6.37. The fourth-order valence-corrected chi connectivity index (χ4v) is 8.93. The summed E-state index contributed by atoms with van der Waals surface area (Å²) in [7, 11) is 0. The molecule has 1 atom stereocenters.